The van der Waals surface area contributed by atoms with E-state index in [0.29, 0.717) is 22.2 Å². The molecule has 1 aliphatic rings. The minimum atomic E-state index is -1.06. The number of halogens is 2. The molecule has 0 bridgehead atoms. The summed E-state index contributed by atoms with van der Waals surface area (Å²) < 4.78 is 5.10. The number of rotatable bonds is 3. The van der Waals surface area contributed by atoms with E-state index in [4.69, 9.17) is 33.0 Å². The number of carbonyl (C=O) groups excluding carboxylic acids is 1. The molecule has 1 N–H and O–H groups in total. The van der Waals surface area contributed by atoms with Crippen molar-refractivity contribution in [1.29, 1.82) is 0 Å². The molecule has 108 valence electrons. The monoisotopic (exact) mass is 317 g/mol. The van der Waals surface area contributed by atoms with Gasteiger partial charge in [0.25, 0.3) is 0 Å². The predicted molar refractivity (Wildman–Crippen MR) is 74.1 cm³/mol. The maximum absolute atomic E-state index is 12.2. The van der Waals surface area contributed by atoms with E-state index in [1.807, 2.05) is 0 Å². The van der Waals surface area contributed by atoms with Crippen LogP contribution < -0.4 is 0 Å². The Balaban J connectivity index is 2.09. The topological polar surface area (TPSA) is 66.8 Å². The van der Waals surface area contributed by atoms with Gasteiger partial charge in [0.05, 0.1) is 29.7 Å². The van der Waals surface area contributed by atoms with E-state index in [-0.39, 0.29) is 25.5 Å². The SMILES string of the molecule is O=C(O)[C@@H]1COCCN1C(=O)Cc1ccc(Cl)c(Cl)c1. The van der Waals surface area contributed by atoms with Crippen molar-refractivity contribution in [1.82, 2.24) is 4.90 Å². The third-order valence-electron chi connectivity index (χ3n) is 3.07. The standard InChI is InChI=1S/C13H13Cl2NO4/c14-9-2-1-8(5-10(9)15)6-12(17)16-3-4-20-7-11(16)13(18)19/h1-2,5,11H,3-4,6-7H2,(H,18,19)/t11-/m0/s1. The molecule has 20 heavy (non-hydrogen) atoms. The van der Waals surface area contributed by atoms with Crippen LogP contribution in [0.15, 0.2) is 18.2 Å². The Morgan fingerprint density at radius 2 is 2.10 bits per heavy atom. The zero-order chi connectivity index (χ0) is 14.7. The molecule has 1 heterocycles. The Bertz CT molecular complexity index is 535. The molecule has 0 aliphatic carbocycles. The summed E-state index contributed by atoms with van der Waals surface area (Å²) in [6.45, 7) is 0.635. The molecule has 0 radical (unpaired) electrons. The van der Waals surface area contributed by atoms with Crippen LogP contribution in [0.4, 0.5) is 0 Å². The molecule has 1 atom stereocenters. The number of carboxylic acid groups (broad SMARTS) is 1. The Hall–Kier alpha value is -1.30. The number of amides is 1. The number of morpholine rings is 1. The van der Waals surface area contributed by atoms with Gasteiger partial charge < -0.3 is 14.7 Å². The van der Waals surface area contributed by atoms with Crippen LogP contribution in [-0.4, -0.2) is 47.7 Å². The Morgan fingerprint density at radius 1 is 1.35 bits per heavy atom. The Kier molecular flexibility index (Phi) is 4.86. The fourth-order valence-corrected chi connectivity index (χ4v) is 2.35. The highest BCUT2D eigenvalue weighted by molar-refractivity contribution is 6.42. The molecular formula is C13H13Cl2NO4. The predicted octanol–water partition coefficient (Wildman–Crippen LogP) is 1.85. The molecule has 0 aromatic heterocycles. The van der Waals surface area contributed by atoms with Crippen molar-refractivity contribution >= 4 is 35.1 Å². The number of benzene rings is 1. The smallest absolute Gasteiger partial charge is 0.328 e. The van der Waals surface area contributed by atoms with Crippen molar-refractivity contribution in [3.05, 3.63) is 33.8 Å². The van der Waals surface area contributed by atoms with Crippen molar-refractivity contribution in [3.8, 4) is 0 Å². The summed E-state index contributed by atoms with van der Waals surface area (Å²) in [6.07, 6.45) is 0.0840. The van der Waals surface area contributed by atoms with E-state index in [0.717, 1.165) is 0 Å². The van der Waals surface area contributed by atoms with E-state index >= 15 is 0 Å². The molecular weight excluding hydrogens is 305 g/mol. The molecule has 1 fully saturated rings. The van der Waals surface area contributed by atoms with Crippen molar-refractivity contribution in [2.45, 2.75) is 12.5 Å². The first kappa shape index (κ1) is 15.1. The molecule has 1 aliphatic heterocycles. The van der Waals surface area contributed by atoms with Gasteiger partial charge in [-0.3, -0.25) is 4.79 Å². The van der Waals surface area contributed by atoms with Crippen molar-refractivity contribution in [2.75, 3.05) is 19.8 Å². The van der Waals surface area contributed by atoms with Crippen molar-refractivity contribution in [3.63, 3.8) is 0 Å². The Morgan fingerprint density at radius 3 is 2.75 bits per heavy atom. The number of hydrogen-bond acceptors (Lipinski definition) is 3. The third kappa shape index (κ3) is 3.42. The van der Waals surface area contributed by atoms with E-state index in [2.05, 4.69) is 0 Å². The minimum absolute atomic E-state index is 0.0163. The van der Waals surface area contributed by atoms with Crippen LogP contribution >= 0.6 is 23.2 Å². The number of carboxylic acids is 1. The zero-order valence-corrected chi connectivity index (χ0v) is 12.0. The number of aliphatic carboxylic acids is 1. The lowest BCUT2D eigenvalue weighted by atomic mass is 10.1. The summed E-state index contributed by atoms with van der Waals surface area (Å²) in [6, 6.07) is 3.99. The van der Waals surface area contributed by atoms with Gasteiger partial charge in [-0.1, -0.05) is 29.3 Å². The normalized spacial score (nSPS) is 18.9. The average Bonchev–Trinajstić information content (AvgIpc) is 2.43. The summed E-state index contributed by atoms with van der Waals surface area (Å²) in [4.78, 5) is 24.6. The first-order chi connectivity index (χ1) is 9.49. The number of nitrogens with zero attached hydrogens (tertiary/aromatic N) is 1. The van der Waals surface area contributed by atoms with E-state index in [1.165, 1.54) is 4.90 Å². The van der Waals surface area contributed by atoms with Gasteiger partial charge in [-0.25, -0.2) is 4.79 Å². The lowest BCUT2D eigenvalue weighted by molar-refractivity contribution is -0.158. The van der Waals surface area contributed by atoms with Crippen LogP contribution in [-0.2, 0) is 20.7 Å². The molecule has 0 spiro atoms. The van der Waals surface area contributed by atoms with Crippen LogP contribution in [0, 0.1) is 0 Å². The molecule has 0 saturated carbocycles. The summed E-state index contributed by atoms with van der Waals surface area (Å²) in [5, 5.41) is 9.88. The molecule has 1 amide bonds. The molecule has 1 aromatic carbocycles. The highest BCUT2D eigenvalue weighted by atomic mass is 35.5. The summed E-state index contributed by atoms with van der Waals surface area (Å²) in [5.41, 5.74) is 0.694. The van der Waals surface area contributed by atoms with Crippen LogP contribution in [0.25, 0.3) is 0 Å². The zero-order valence-electron chi connectivity index (χ0n) is 10.5. The summed E-state index contributed by atoms with van der Waals surface area (Å²) in [5.74, 6) is -1.33. The van der Waals surface area contributed by atoms with Gasteiger partial charge in [-0.05, 0) is 17.7 Å². The highest BCUT2D eigenvalue weighted by Gasteiger charge is 2.32. The first-order valence-electron chi connectivity index (χ1n) is 6.03. The van der Waals surface area contributed by atoms with Crippen LogP contribution in [0.1, 0.15) is 5.56 Å². The number of carbonyl (C=O) groups is 2. The van der Waals surface area contributed by atoms with Gasteiger partial charge in [-0.2, -0.15) is 0 Å². The van der Waals surface area contributed by atoms with Crippen LogP contribution in [0.5, 0.6) is 0 Å². The molecule has 1 saturated heterocycles. The molecule has 1 aromatic rings. The van der Waals surface area contributed by atoms with Gasteiger partial charge in [0, 0.05) is 6.54 Å². The van der Waals surface area contributed by atoms with Crippen LogP contribution in [0.2, 0.25) is 10.0 Å². The minimum Gasteiger partial charge on any atom is -0.480 e. The molecule has 7 heteroatoms. The van der Waals surface area contributed by atoms with Gasteiger partial charge >= 0.3 is 5.97 Å². The van der Waals surface area contributed by atoms with E-state index in [1.54, 1.807) is 18.2 Å². The Labute approximate surface area is 126 Å². The van der Waals surface area contributed by atoms with Gasteiger partial charge in [-0.15, -0.1) is 0 Å². The molecule has 2 rings (SSSR count). The summed E-state index contributed by atoms with van der Waals surface area (Å²) >= 11 is 11.7. The van der Waals surface area contributed by atoms with Crippen molar-refractivity contribution in [2.24, 2.45) is 0 Å². The quantitative estimate of drug-likeness (QED) is 0.923. The van der Waals surface area contributed by atoms with Gasteiger partial charge in [0.2, 0.25) is 5.91 Å². The van der Waals surface area contributed by atoms with E-state index < -0.39 is 12.0 Å². The van der Waals surface area contributed by atoms with Crippen LogP contribution in [0.3, 0.4) is 0 Å². The lowest BCUT2D eigenvalue weighted by Gasteiger charge is -2.32. The van der Waals surface area contributed by atoms with Gasteiger partial charge in [0.15, 0.2) is 6.04 Å². The second-order valence-electron chi connectivity index (χ2n) is 4.44. The average molecular weight is 318 g/mol. The highest BCUT2D eigenvalue weighted by Crippen LogP contribution is 2.23. The third-order valence-corrected chi connectivity index (χ3v) is 3.81. The molecule has 0 unspecified atom stereocenters. The maximum Gasteiger partial charge on any atom is 0.328 e. The van der Waals surface area contributed by atoms with E-state index in [9.17, 15) is 9.59 Å². The molecule has 5 nitrogen and oxygen atoms in total. The largest absolute Gasteiger partial charge is 0.480 e. The maximum atomic E-state index is 12.2. The fraction of sp³-hybridized carbons (Fsp3) is 0.385. The van der Waals surface area contributed by atoms with Crippen molar-refractivity contribution < 1.29 is 19.4 Å². The number of hydrogen-bond donors (Lipinski definition) is 1. The second kappa shape index (κ2) is 6.43. The number of ether oxygens (including phenoxy) is 1. The second-order valence-corrected chi connectivity index (χ2v) is 5.26. The van der Waals surface area contributed by atoms with Gasteiger partial charge in [0.1, 0.15) is 0 Å². The lowest BCUT2D eigenvalue weighted by Crippen LogP contribution is -2.53. The fourth-order valence-electron chi connectivity index (χ4n) is 2.03. The summed E-state index contributed by atoms with van der Waals surface area (Å²) in [7, 11) is 0. The first-order valence-corrected chi connectivity index (χ1v) is 6.78.